The zero-order chi connectivity index (χ0) is 11.0. The Morgan fingerprint density at radius 1 is 1.12 bits per heavy atom. The molecule has 16 heavy (non-hydrogen) atoms. The van der Waals surface area contributed by atoms with E-state index in [2.05, 4.69) is 5.73 Å². The minimum Gasteiger partial charge on any atom is -0.452 e. The second-order valence-corrected chi connectivity index (χ2v) is 3.58. The van der Waals surface area contributed by atoms with Gasteiger partial charge in [0.2, 0.25) is 5.78 Å². The molecule has 0 aliphatic heterocycles. The molecule has 0 atom stereocenters. The van der Waals surface area contributed by atoms with Crippen molar-refractivity contribution in [1.82, 2.24) is 0 Å². The van der Waals surface area contributed by atoms with Gasteiger partial charge in [0, 0.05) is 17.2 Å². The zero-order valence-corrected chi connectivity index (χ0v) is 8.44. The number of hydrogen-bond donors (Lipinski definition) is 0. The lowest BCUT2D eigenvalue weighted by Crippen LogP contribution is -1.98. The third-order valence-corrected chi connectivity index (χ3v) is 2.50. The van der Waals surface area contributed by atoms with Crippen molar-refractivity contribution in [3.8, 4) is 0 Å². The highest BCUT2D eigenvalue weighted by molar-refractivity contribution is 6.07. The van der Waals surface area contributed by atoms with Gasteiger partial charge in [-0.1, -0.05) is 30.3 Å². The maximum atomic E-state index is 12.0. The van der Waals surface area contributed by atoms with Gasteiger partial charge in [-0.3, -0.25) is 4.79 Å². The van der Waals surface area contributed by atoms with Gasteiger partial charge in [-0.25, -0.2) is 0 Å². The number of furan rings is 1. The van der Waals surface area contributed by atoms with E-state index < -0.39 is 0 Å². The molecule has 1 aliphatic rings. The smallest absolute Gasteiger partial charge is 0.228 e. The Hall–Kier alpha value is -2.31. The van der Waals surface area contributed by atoms with Crippen LogP contribution in [0.5, 0.6) is 0 Å². The van der Waals surface area contributed by atoms with Gasteiger partial charge >= 0.3 is 0 Å². The summed E-state index contributed by atoms with van der Waals surface area (Å²) in [4.78, 5) is 12.0. The molecule has 3 rings (SSSR count). The van der Waals surface area contributed by atoms with Crippen molar-refractivity contribution in [2.24, 2.45) is 0 Å². The molecular formula is C14H8O2. The highest BCUT2D eigenvalue weighted by Crippen LogP contribution is 2.23. The van der Waals surface area contributed by atoms with Gasteiger partial charge < -0.3 is 4.42 Å². The molecule has 1 aromatic heterocycles. The Labute approximate surface area is 92.5 Å². The quantitative estimate of drug-likeness (QED) is 0.478. The van der Waals surface area contributed by atoms with Crippen LogP contribution in [-0.4, -0.2) is 5.78 Å². The molecule has 0 saturated carbocycles. The number of ketones is 1. The van der Waals surface area contributed by atoms with E-state index >= 15 is 0 Å². The summed E-state index contributed by atoms with van der Waals surface area (Å²) in [6.45, 7) is 0. The van der Waals surface area contributed by atoms with Crippen LogP contribution >= 0.6 is 0 Å². The average molecular weight is 208 g/mol. The minimum atomic E-state index is -0.0863. The van der Waals surface area contributed by atoms with Crippen molar-refractivity contribution in [2.45, 2.75) is 0 Å². The lowest BCUT2D eigenvalue weighted by molar-refractivity contribution is 0.101. The van der Waals surface area contributed by atoms with Gasteiger partial charge in [-0.15, -0.1) is 5.73 Å². The number of carbonyl (C=O) groups is 1. The first kappa shape index (κ1) is 8.96. The van der Waals surface area contributed by atoms with E-state index in [1.807, 2.05) is 18.2 Å². The van der Waals surface area contributed by atoms with Gasteiger partial charge in [-0.2, -0.15) is 0 Å². The number of carbonyl (C=O) groups excluding carboxylic acids is 1. The van der Waals surface area contributed by atoms with Gasteiger partial charge in [-0.05, 0) is 12.1 Å². The lowest BCUT2D eigenvalue weighted by atomic mass is 10.1. The van der Waals surface area contributed by atoms with Crippen molar-refractivity contribution < 1.29 is 9.21 Å². The van der Waals surface area contributed by atoms with Crippen LogP contribution < -0.4 is 0 Å². The molecule has 2 heteroatoms. The van der Waals surface area contributed by atoms with E-state index in [1.165, 1.54) is 0 Å². The molecule has 0 N–H and O–H groups in total. The van der Waals surface area contributed by atoms with Crippen molar-refractivity contribution in [2.75, 3.05) is 0 Å². The second kappa shape index (κ2) is 3.37. The summed E-state index contributed by atoms with van der Waals surface area (Å²) >= 11 is 0. The molecule has 1 heterocycles. The summed E-state index contributed by atoms with van der Waals surface area (Å²) in [6.07, 6.45) is 3.54. The normalized spacial score (nSPS) is 11.8. The topological polar surface area (TPSA) is 30.2 Å². The Balaban J connectivity index is 1.99. The predicted molar refractivity (Wildman–Crippen MR) is 61.0 cm³/mol. The summed E-state index contributed by atoms with van der Waals surface area (Å²) in [5.74, 6) is 1.00. The van der Waals surface area contributed by atoms with Crippen molar-refractivity contribution in [3.63, 3.8) is 0 Å². The fourth-order valence-corrected chi connectivity index (χ4v) is 1.70. The fraction of sp³-hybridized carbons (Fsp3) is 0. The summed E-state index contributed by atoms with van der Waals surface area (Å²) in [6, 6.07) is 10.9. The lowest BCUT2D eigenvalue weighted by Gasteiger charge is -1.95. The molecular weight excluding hydrogens is 200 g/mol. The second-order valence-electron chi connectivity index (χ2n) is 3.58. The molecule has 0 spiro atoms. The third-order valence-electron chi connectivity index (χ3n) is 2.50. The first-order valence-electron chi connectivity index (χ1n) is 5.01. The molecule has 0 unspecified atom stereocenters. The fourth-order valence-electron chi connectivity index (χ4n) is 1.70. The molecule has 76 valence electrons. The zero-order valence-electron chi connectivity index (χ0n) is 8.44. The molecule has 2 aromatic rings. The molecule has 0 fully saturated rings. The first-order valence-corrected chi connectivity index (χ1v) is 5.01. The van der Waals surface area contributed by atoms with Crippen LogP contribution in [-0.2, 0) is 0 Å². The summed E-state index contributed by atoms with van der Waals surface area (Å²) < 4.78 is 5.44. The maximum Gasteiger partial charge on any atom is 0.228 e. The third kappa shape index (κ3) is 1.33. The van der Waals surface area contributed by atoms with E-state index in [9.17, 15) is 4.79 Å². The number of hydrogen-bond acceptors (Lipinski definition) is 2. The van der Waals surface area contributed by atoms with E-state index in [-0.39, 0.29) is 5.78 Å². The van der Waals surface area contributed by atoms with E-state index in [4.69, 9.17) is 4.42 Å². The van der Waals surface area contributed by atoms with Crippen LogP contribution in [0.15, 0.2) is 46.5 Å². The predicted octanol–water partition coefficient (Wildman–Crippen LogP) is 3.15. The van der Waals surface area contributed by atoms with Crippen LogP contribution in [0.25, 0.3) is 12.2 Å². The molecule has 2 nitrogen and oxygen atoms in total. The minimum absolute atomic E-state index is 0.0863. The number of fused-ring (bicyclic) bond motifs is 1. The van der Waals surface area contributed by atoms with Crippen molar-refractivity contribution in [1.29, 1.82) is 0 Å². The SMILES string of the molecule is O=C(c1ccccc1)c1cc2c(o1)C=C=C2. The van der Waals surface area contributed by atoms with E-state index in [0.29, 0.717) is 17.1 Å². The van der Waals surface area contributed by atoms with E-state index in [1.54, 1.807) is 30.4 Å². The summed E-state index contributed by atoms with van der Waals surface area (Å²) in [7, 11) is 0. The first-order chi connectivity index (χ1) is 7.84. The largest absolute Gasteiger partial charge is 0.452 e. The van der Waals surface area contributed by atoms with Crippen LogP contribution in [0, 0.1) is 0 Å². The van der Waals surface area contributed by atoms with Gasteiger partial charge in [0.05, 0.1) is 0 Å². The van der Waals surface area contributed by atoms with Crippen LogP contribution in [0.4, 0.5) is 0 Å². The Bertz CT molecular complexity index is 586. The molecule has 0 saturated heterocycles. The summed E-state index contributed by atoms with van der Waals surface area (Å²) in [5, 5.41) is 0. The van der Waals surface area contributed by atoms with E-state index in [0.717, 1.165) is 5.56 Å². The Morgan fingerprint density at radius 2 is 1.94 bits per heavy atom. The Morgan fingerprint density at radius 3 is 2.69 bits per heavy atom. The Kier molecular flexibility index (Phi) is 1.89. The molecule has 0 bridgehead atoms. The highest BCUT2D eigenvalue weighted by atomic mass is 16.3. The van der Waals surface area contributed by atoms with Crippen LogP contribution in [0.3, 0.4) is 0 Å². The van der Waals surface area contributed by atoms with Crippen molar-refractivity contribution in [3.05, 3.63) is 64.8 Å². The van der Waals surface area contributed by atoms with Gasteiger partial charge in [0.1, 0.15) is 5.76 Å². The van der Waals surface area contributed by atoms with Crippen LogP contribution in [0.1, 0.15) is 27.4 Å². The molecule has 1 aliphatic carbocycles. The van der Waals surface area contributed by atoms with Gasteiger partial charge in [0.15, 0.2) is 5.76 Å². The van der Waals surface area contributed by atoms with Crippen molar-refractivity contribution >= 4 is 17.9 Å². The van der Waals surface area contributed by atoms with Gasteiger partial charge in [0.25, 0.3) is 0 Å². The molecule has 0 amide bonds. The summed E-state index contributed by atoms with van der Waals surface area (Å²) in [5.41, 5.74) is 4.48. The standard InChI is InChI=1S/C14H8O2/c15-14(10-5-2-1-3-6-10)13-9-11-7-4-8-12(11)16-13/h1-3,5-9H. The average Bonchev–Trinajstić information content (AvgIpc) is 2.89. The number of benzene rings is 1. The van der Waals surface area contributed by atoms with Crippen LogP contribution in [0.2, 0.25) is 0 Å². The monoisotopic (exact) mass is 208 g/mol. The molecule has 1 aromatic carbocycles. The molecule has 0 radical (unpaired) electrons. The maximum absolute atomic E-state index is 12.0. The highest BCUT2D eigenvalue weighted by Gasteiger charge is 2.16. The number of rotatable bonds is 2.